The fourth-order valence-electron chi connectivity index (χ4n) is 2.16. The molecule has 1 unspecified atom stereocenters. The van der Waals surface area contributed by atoms with Crippen molar-refractivity contribution in [3.8, 4) is 0 Å². The molecule has 0 radical (unpaired) electrons. The molecule has 1 fully saturated rings. The molecule has 1 atom stereocenters. The quantitative estimate of drug-likeness (QED) is 0.859. The normalized spacial score (nSPS) is 20.4. The number of aromatic nitrogens is 1. The Morgan fingerprint density at radius 3 is 2.88 bits per heavy atom. The SMILES string of the molecule is CC(C)C1CC(=O)N(Cc2cncc(Br)c2)C1. The van der Waals surface area contributed by atoms with E-state index in [-0.39, 0.29) is 5.91 Å². The van der Waals surface area contributed by atoms with E-state index in [1.807, 2.05) is 17.2 Å². The van der Waals surface area contributed by atoms with Crippen LogP contribution >= 0.6 is 15.9 Å². The molecule has 1 aliphatic rings. The molecule has 2 heterocycles. The average Bonchev–Trinajstić information content (AvgIpc) is 2.61. The van der Waals surface area contributed by atoms with E-state index in [2.05, 4.69) is 34.8 Å². The fourth-order valence-corrected chi connectivity index (χ4v) is 2.58. The van der Waals surface area contributed by atoms with E-state index in [9.17, 15) is 4.79 Å². The molecule has 1 saturated heterocycles. The summed E-state index contributed by atoms with van der Waals surface area (Å²) in [7, 11) is 0. The van der Waals surface area contributed by atoms with Crippen molar-refractivity contribution in [2.24, 2.45) is 11.8 Å². The number of nitrogens with zero attached hydrogens (tertiary/aromatic N) is 2. The maximum absolute atomic E-state index is 11.9. The van der Waals surface area contributed by atoms with Crippen molar-refractivity contribution in [3.63, 3.8) is 0 Å². The van der Waals surface area contributed by atoms with Gasteiger partial charge in [0.1, 0.15) is 0 Å². The van der Waals surface area contributed by atoms with E-state index in [0.717, 1.165) is 16.6 Å². The van der Waals surface area contributed by atoms with Crippen LogP contribution in [0.15, 0.2) is 22.9 Å². The standard InChI is InChI=1S/C13H17BrN2O/c1-9(2)11-4-13(17)16(8-11)7-10-3-12(14)6-15-5-10/h3,5-6,9,11H,4,7-8H2,1-2H3. The van der Waals surface area contributed by atoms with Gasteiger partial charge in [-0.2, -0.15) is 0 Å². The van der Waals surface area contributed by atoms with Crippen LogP contribution < -0.4 is 0 Å². The number of carbonyl (C=O) groups excluding carboxylic acids is 1. The zero-order chi connectivity index (χ0) is 12.4. The Hall–Kier alpha value is -0.900. The van der Waals surface area contributed by atoms with Crippen molar-refractivity contribution in [2.45, 2.75) is 26.8 Å². The number of carbonyl (C=O) groups is 1. The summed E-state index contributed by atoms with van der Waals surface area (Å²) in [5.41, 5.74) is 1.08. The van der Waals surface area contributed by atoms with Gasteiger partial charge in [0.05, 0.1) is 0 Å². The van der Waals surface area contributed by atoms with Gasteiger partial charge in [-0.3, -0.25) is 9.78 Å². The molecular weight excluding hydrogens is 280 g/mol. The summed E-state index contributed by atoms with van der Waals surface area (Å²) in [6.45, 7) is 5.92. The van der Waals surface area contributed by atoms with Gasteiger partial charge in [-0.1, -0.05) is 13.8 Å². The van der Waals surface area contributed by atoms with Crippen LogP contribution in [-0.4, -0.2) is 22.3 Å². The Kier molecular flexibility index (Phi) is 3.82. The van der Waals surface area contributed by atoms with Gasteiger partial charge in [0.15, 0.2) is 0 Å². The Balaban J connectivity index is 2.03. The second kappa shape index (κ2) is 5.17. The number of halogens is 1. The van der Waals surface area contributed by atoms with Gasteiger partial charge < -0.3 is 4.90 Å². The molecule has 17 heavy (non-hydrogen) atoms. The van der Waals surface area contributed by atoms with Crippen LogP contribution in [0.4, 0.5) is 0 Å². The maximum Gasteiger partial charge on any atom is 0.223 e. The van der Waals surface area contributed by atoms with Gasteiger partial charge in [-0.15, -0.1) is 0 Å². The summed E-state index contributed by atoms with van der Waals surface area (Å²) in [6.07, 6.45) is 4.27. The highest BCUT2D eigenvalue weighted by molar-refractivity contribution is 9.10. The largest absolute Gasteiger partial charge is 0.338 e. The molecule has 0 spiro atoms. The summed E-state index contributed by atoms with van der Waals surface area (Å²) in [6, 6.07) is 2.02. The van der Waals surface area contributed by atoms with Crippen molar-refractivity contribution >= 4 is 21.8 Å². The lowest BCUT2D eigenvalue weighted by atomic mass is 9.95. The molecule has 4 heteroatoms. The van der Waals surface area contributed by atoms with Gasteiger partial charge in [0.25, 0.3) is 0 Å². The summed E-state index contributed by atoms with van der Waals surface area (Å²) in [4.78, 5) is 17.9. The number of pyridine rings is 1. The number of hydrogen-bond donors (Lipinski definition) is 0. The van der Waals surface area contributed by atoms with Crippen molar-refractivity contribution in [1.29, 1.82) is 0 Å². The van der Waals surface area contributed by atoms with Crippen molar-refractivity contribution < 1.29 is 4.79 Å². The molecule has 1 amide bonds. The Morgan fingerprint density at radius 2 is 2.29 bits per heavy atom. The first kappa shape index (κ1) is 12.6. The first-order chi connectivity index (χ1) is 8.06. The van der Waals surface area contributed by atoms with E-state index in [0.29, 0.717) is 24.8 Å². The number of likely N-dealkylation sites (tertiary alicyclic amines) is 1. The predicted molar refractivity (Wildman–Crippen MR) is 70.3 cm³/mol. The first-order valence-corrected chi connectivity index (χ1v) is 6.72. The molecule has 0 saturated carbocycles. The summed E-state index contributed by atoms with van der Waals surface area (Å²) in [5, 5.41) is 0. The zero-order valence-corrected chi connectivity index (χ0v) is 11.8. The molecule has 0 aromatic carbocycles. The lowest BCUT2D eigenvalue weighted by Gasteiger charge is -2.18. The fraction of sp³-hybridized carbons (Fsp3) is 0.538. The van der Waals surface area contributed by atoms with Crippen LogP contribution in [0.5, 0.6) is 0 Å². The van der Waals surface area contributed by atoms with Gasteiger partial charge >= 0.3 is 0 Å². The van der Waals surface area contributed by atoms with Gasteiger partial charge in [-0.25, -0.2) is 0 Å². The molecule has 0 bridgehead atoms. The number of hydrogen-bond acceptors (Lipinski definition) is 2. The van der Waals surface area contributed by atoms with Gasteiger partial charge in [0, 0.05) is 36.4 Å². The van der Waals surface area contributed by atoms with E-state index in [1.165, 1.54) is 0 Å². The van der Waals surface area contributed by atoms with E-state index >= 15 is 0 Å². The molecule has 2 rings (SSSR count). The minimum Gasteiger partial charge on any atom is -0.338 e. The highest BCUT2D eigenvalue weighted by Gasteiger charge is 2.31. The van der Waals surface area contributed by atoms with Crippen molar-refractivity contribution in [3.05, 3.63) is 28.5 Å². The third-order valence-corrected chi connectivity index (χ3v) is 3.76. The van der Waals surface area contributed by atoms with Crippen LogP contribution in [0.2, 0.25) is 0 Å². The number of amides is 1. The summed E-state index contributed by atoms with van der Waals surface area (Å²) in [5.74, 6) is 1.34. The van der Waals surface area contributed by atoms with Crippen molar-refractivity contribution in [2.75, 3.05) is 6.54 Å². The molecule has 1 aliphatic heterocycles. The molecule has 3 nitrogen and oxygen atoms in total. The molecule has 0 N–H and O–H groups in total. The summed E-state index contributed by atoms with van der Waals surface area (Å²) < 4.78 is 0.960. The van der Waals surface area contributed by atoms with Crippen LogP contribution in [0.25, 0.3) is 0 Å². The minimum absolute atomic E-state index is 0.267. The van der Waals surface area contributed by atoms with Gasteiger partial charge in [0.2, 0.25) is 5.91 Å². The second-order valence-corrected chi connectivity index (χ2v) is 5.91. The van der Waals surface area contributed by atoms with Crippen molar-refractivity contribution in [1.82, 2.24) is 9.88 Å². The Bertz CT molecular complexity index is 420. The highest BCUT2D eigenvalue weighted by atomic mass is 79.9. The van der Waals surface area contributed by atoms with E-state index in [1.54, 1.807) is 6.20 Å². The lowest BCUT2D eigenvalue weighted by Crippen LogP contribution is -2.25. The van der Waals surface area contributed by atoms with E-state index in [4.69, 9.17) is 0 Å². The minimum atomic E-state index is 0.267. The second-order valence-electron chi connectivity index (χ2n) is 4.99. The van der Waals surface area contributed by atoms with Crippen LogP contribution in [0, 0.1) is 11.8 Å². The molecule has 1 aromatic rings. The monoisotopic (exact) mass is 296 g/mol. The van der Waals surface area contributed by atoms with E-state index < -0.39 is 0 Å². The highest BCUT2D eigenvalue weighted by Crippen LogP contribution is 2.26. The average molecular weight is 297 g/mol. The van der Waals surface area contributed by atoms with Crippen LogP contribution in [-0.2, 0) is 11.3 Å². The smallest absolute Gasteiger partial charge is 0.223 e. The van der Waals surface area contributed by atoms with Crippen LogP contribution in [0.1, 0.15) is 25.8 Å². The topological polar surface area (TPSA) is 33.2 Å². The molecule has 92 valence electrons. The Labute approximate surface area is 110 Å². The number of rotatable bonds is 3. The lowest BCUT2D eigenvalue weighted by molar-refractivity contribution is -0.128. The molecular formula is C13H17BrN2O. The molecule has 0 aliphatic carbocycles. The third-order valence-electron chi connectivity index (χ3n) is 3.32. The predicted octanol–water partition coefficient (Wildman–Crippen LogP) is 2.85. The Morgan fingerprint density at radius 1 is 1.53 bits per heavy atom. The first-order valence-electron chi connectivity index (χ1n) is 5.93. The third kappa shape index (κ3) is 3.06. The van der Waals surface area contributed by atoms with Gasteiger partial charge in [-0.05, 0) is 39.4 Å². The van der Waals surface area contributed by atoms with Crippen LogP contribution in [0.3, 0.4) is 0 Å². The molecule has 1 aromatic heterocycles. The maximum atomic E-state index is 11.9. The zero-order valence-electron chi connectivity index (χ0n) is 10.2. The summed E-state index contributed by atoms with van der Waals surface area (Å²) >= 11 is 3.40.